The lowest BCUT2D eigenvalue weighted by Gasteiger charge is -2.29. The molecule has 3 nitrogen and oxygen atoms in total. The molecule has 20 heavy (non-hydrogen) atoms. The fourth-order valence-corrected chi connectivity index (χ4v) is 3.22. The van der Waals surface area contributed by atoms with Gasteiger partial charge in [-0.25, -0.2) is 0 Å². The Morgan fingerprint density at radius 1 is 1.35 bits per heavy atom. The van der Waals surface area contributed by atoms with E-state index in [4.69, 9.17) is 5.73 Å². The molecule has 2 atom stereocenters. The molecule has 1 aromatic rings. The first-order chi connectivity index (χ1) is 9.68. The highest BCUT2D eigenvalue weighted by atomic mass is 16.3. The standard InChI is InChI=1S/C17H28N2O/c1-2-6-15-9-11-19(13-15)12-10-17(20,14-18)16-7-4-3-5-8-16/h3-5,7-8,15,20H,2,6,9-14,18H2,1H3. The lowest BCUT2D eigenvalue weighted by atomic mass is 9.90. The molecule has 1 aliphatic rings. The second-order valence-corrected chi connectivity index (χ2v) is 6.10. The van der Waals surface area contributed by atoms with E-state index in [1.165, 1.54) is 32.4 Å². The third kappa shape index (κ3) is 3.81. The molecule has 1 fully saturated rings. The zero-order valence-electron chi connectivity index (χ0n) is 12.6. The molecule has 0 spiro atoms. The largest absolute Gasteiger partial charge is 0.384 e. The first-order valence-corrected chi connectivity index (χ1v) is 7.88. The van der Waals surface area contributed by atoms with E-state index in [9.17, 15) is 5.11 Å². The van der Waals surface area contributed by atoms with Gasteiger partial charge in [-0.2, -0.15) is 0 Å². The Kier molecular flexibility index (Phi) is 5.58. The zero-order chi connectivity index (χ0) is 14.4. The molecule has 0 bridgehead atoms. The van der Waals surface area contributed by atoms with Gasteiger partial charge in [0, 0.05) is 19.6 Å². The summed E-state index contributed by atoms with van der Waals surface area (Å²) in [5.41, 5.74) is 5.88. The van der Waals surface area contributed by atoms with Crippen molar-refractivity contribution in [2.75, 3.05) is 26.2 Å². The average molecular weight is 276 g/mol. The normalized spacial score (nSPS) is 22.9. The molecule has 1 aromatic carbocycles. The summed E-state index contributed by atoms with van der Waals surface area (Å²) in [5, 5.41) is 10.8. The van der Waals surface area contributed by atoms with Crippen molar-refractivity contribution in [2.45, 2.75) is 38.2 Å². The number of benzene rings is 1. The van der Waals surface area contributed by atoms with Crippen molar-refractivity contribution < 1.29 is 5.11 Å². The van der Waals surface area contributed by atoms with Gasteiger partial charge in [-0.15, -0.1) is 0 Å². The number of aliphatic hydroxyl groups is 1. The Morgan fingerprint density at radius 2 is 2.10 bits per heavy atom. The lowest BCUT2D eigenvalue weighted by Crippen LogP contribution is -2.38. The topological polar surface area (TPSA) is 49.5 Å². The number of rotatable bonds is 7. The number of hydrogen-bond acceptors (Lipinski definition) is 3. The van der Waals surface area contributed by atoms with E-state index < -0.39 is 5.60 Å². The smallest absolute Gasteiger partial charge is 0.103 e. The third-order valence-corrected chi connectivity index (χ3v) is 4.56. The van der Waals surface area contributed by atoms with Gasteiger partial charge in [0.15, 0.2) is 0 Å². The fraction of sp³-hybridized carbons (Fsp3) is 0.647. The van der Waals surface area contributed by atoms with Crippen molar-refractivity contribution in [1.29, 1.82) is 0 Å². The maximum absolute atomic E-state index is 10.8. The second kappa shape index (κ2) is 7.21. The zero-order valence-corrected chi connectivity index (χ0v) is 12.6. The molecule has 0 saturated carbocycles. The number of nitrogens with two attached hydrogens (primary N) is 1. The van der Waals surface area contributed by atoms with E-state index in [-0.39, 0.29) is 6.54 Å². The number of nitrogens with zero attached hydrogens (tertiary/aromatic N) is 1. The molecule has 0 amide bonds. The maximum atomic E-state index is 10.8. The molecule has 3 N–H and O–H groups in total. The minimum absolute atomic E-state index is 0.281. The van der Waals surface area contributed by atoms with Gasteiger partial charge in [0.2, 0.25) is 0 Å². The molecule has 112 valence electrons. The summed E-state index contributed by atoms with van der Waals surface area (Å²) in [7, 11) is 0. The van der Waals surface area contributed by atoms with Crippen LogP contribution in [-0.2, 0) is 5.60 Å². The van der Waals surface area contributed by atoms with Gasteiger partial charge in [0.05, 0.1) is 0 Å². The average Bonchev–Trinajstić information content (AvgIpc) is 2.94. The highest BCUT2D eigenvalue weighted by Gasteiger charge is 2.29. The monoisotopic (exact) mass is 276 g/mol. The van der Waals surface area contributed by atoms with Crippen LogP contribution in [0.25, 0.3) is 0 Å². The van der Waals surface area contributed by atoms with Crippen molar-refractivity contribution in [3.8, 4) is 0 Å². The molecule has 2 unspecified atom stereocenters. The van der Waals surface area contributed by atoms with E-state index in [1.807, 2.05) is 30.3 Å². The summed E-state index contributed by atoms with van der Waals surface area (Å²) in [6.45, 7) is 5.82. The SMILES string of the molecule is CCCC1CCN(CCC(O)(CN)c2ccccc2)C1. The Balaban J connectivity index is 1.88. The first kappa shape index (κ1) is 15.5. The summed E-state index contributed by atoms with van der Waals surface area (Å²) >= 11 is 0. The highest BCUT2D eigenvalue weighted by molar-refractivity contribution is 5.22. The Hall–Kier alpha value is -0.900. The van der Waals surface area contributed by atoms with Crippen molar-refractivity contribution in [1.82, 2.24) is 4.90 Å². The van der Waals surface area contributed by atoms with E-state index in [0.717, 1.165) is 18.0 Å². The lowest BCUT2D eigenvalue weighted by molar-refractivity contribution is 0.0275. The van der Waals surface area contributed by atoms with Crippen LogP contribution >= 0.6 is 0 Å². The van der Waals surface area contributed by atoms with Gasteiger partial charge in [0.1, 0.15) is 5.60 Å². The molecule has 0 radical (unpaired) electrons. The van der Waals surface area contributed by atoms with Crippen molar-refractivity contribution in [3.63, 3.8) is 0 Å². The van der Waals surface area contributed by atoms with Crippen LogP contribution < -0.4 is 5.73 Å². The molecule has 1 heterocycles. The molecule has 3 heteroatoms. The second-order valence-electron chi connectivity index (χ2n) is 6.10. The van der Waals surface area contributed by atoms with Gasteiger partial charge >= 0.3 is 0 Å². The fourth-order valence-electron chi connectivity index (χ4n) is 3.22. The van der Waals surface area contributed by atoms with Crippen LogP contribution in [0.3, 0.4) is 0 Å². The molecule has 2 rings (SSSR count). The maximum Gasteiger partial charge on any atom is 0.103 e. The van der Waals surface area contributed by atoms with Crippen LogP contribution in [0.2, 0.25) is 0 Å². The molecule has 1 aliphatic heterocycles. The van der Waals surface area contributed by atoms with E-state index in [1.54, 1.807) is 0 Å². The molecular formula is C17H28N2O. The van der Waals surface area contributed by atoms with Crippen LogP contribution in [0.1, 0.15) is 38.2 Å². The summed E-state index contributed by atoms with van der Waals surface area (Å²) in [5.74, 6) is 0.850. The summed E-state index contributed by atoms with van der Waals surface area (Å²) in [6, 6.07) is 9.83. The van der Waals surface area contributed by atoms with Gasteiger partial charge in [-0.1, -0.05) is 43.7 Å². The van der Waals surface area contributed by atoms with Crippen molar-refractivity contribution in [2.24, 2.45) is 11.7 Å². The van der Waals surface area contributed by atoms with Crippen LogP contribution in [0.4, 0.5) is 0 Å². The van der Waals surface area contributed by atoms with Gasteiger partial charge in [-0.05, 0) is 37.3 Å². The molecule has 0 aromatic heterocycles. The van der Waals surface area contributed by atoms with Crippen molar-refractivity contribution in [3.05, 3.63) is 35.9 Å². The summed E-state index contributed by atoms with van der Waals surface area (Å²) in [4.78, 5) is 2.48. The summed E-state index contributed by atoms with van der Waals surface area (Å²) < 4.78 is 0. The number of hydrogen-bond donors (Lipinski definition) is 2. The Bertz CT molecular complexity index is 395. The Labute approximate surface area is 122 Å². The third-order valence-electron chi connectivity index (χ3n) is 4.56. The minimum atomic E-state index is -0.885. The quantitative estimate of drug-likeness (QED) is 0.803. The predicted octanol–water partition coefficient (Wildman–Crippen LogP) is 2.35. The van der Waals surface area contributed by atoms with Crippen LogP contribution in [0, 0.1) is 5.92 Å². The van der Waals surface area contributed by atoms with E-state index in [2.05, 4.69) is 11.8 Å². The van der Waals surface area contributed by atoms with Crippen LogP contribution in [0.15, 0.2) is 30.3 Å². The predicted molar refractivity (Wildman–Crippen MR) is 83.5 cm³/mol. The highest BCUT2D eigenvalue weighted by Crippen LogP contribution is 2.26. The molecular weight excluding hydrogens is 248 g/mol. The molecule has 0 aliphatic carbocycles. The van der Waals surface area contributed by atoms with Gasteiger partial charge in [-0.3, -0.25) is 0 Å². The van der Waals surface area contributed by atoms with Crippen molar-refractivity contribution >= 4 is 0 Å². The Morgan fingerprint density at radius 3 is 2.75 bits per heavy atom. The van der Waals surface area contributed by atoms with Crippen LogP contribution in [-0.4, -0.2) is 36.2 Å². The van der Waals surface area contributed by atoms with Gasteiger partial charge in [0.25, 0.3) is 0 Å². The van der Waals surface area contributed by atoms with E-state index >= 15 is 0 Å². The number of likely N-dealkylation sites (tertiary alicyclic amines) is 1. The van der Waals surface area contributed by atoms with E-state index in [0.29, 0.717) is 6.42 Å². The molecule has 1 saturated heterocycles. The first-order valence-electron chi connectivity index (χ1n) is 7.88. The van der Waals surface area contributed by atoms with Gasteiger partial charge < -0.3 is 15.7 Å². The minimum Gasteiger partial charge on any atom is -0.384 e. The van der Waals surface area contributed by atoms with Crippen LogP contribution in [0.5, 0.6) is 0 Å². The summed E-state index contributed by atoms with van der Waals surface area (Å²) in [6.07, 6.45) is 4.62.